The number of alkyl halides is 3. The van der Waals surface area contributed by atoms with Gasteiger partial charge in [-0.05, 0) is 36.6 Å². The summed E-state index contributed by atoms with van der Waals surface area (Å²) >= 11 is 6.47. The first-order valence-electron chi connectivity index (χ1n) is 7.87. The lowest BCUT2D eigenvalue weighted by molar-refractivity contribution is -0.137. The Hall–Kier alpha value is -2.79. The molecule has 1 heterocycles. The number of aryl methyl sites for hydroxylation is 1. The number of amides is 4. The molecule has 0 aliphatic carbocycles. The van der Waals surface area contributed by atoms with Crippen LogP contribution in [0, 0.1) is 6.92 Å². The van der Waals surface area contributed by atoms with Crippen molar-refractivity contribution in [2.24, 2.45) is 0 Å². The van der Waals surface area contributed by atoms with E-state index in [0.717, 1.165) is 11.9 Å². The van der Waals surface area contributed by atoms with E-state index < -0.39 is 34.4 Å². The molecule has 154 valence electrons. The second kappa shape index (κ2) is 9.14. The van der Waals surface area contributed by atoms with E-state index in [9.17, 15) is 27.6 Å². The largest absolute Gasteiger partial charge is 0.417 e. The van der Waals surface area contributed by atoms with Crippen molar-refractivity contribution in [2.45, 2.75) is 18.0 Å². The lowest BCUT2D eigenvalue weighted by Crippen LogP contribution is -2.37. The average Bonchev–Trinajstić information content (AvgIpc) is 2.65. The molecule has 0 saturated heterocycles. The molecule has 0 saturated carbocycles. The minimum Gasteiger partial charge on any atom is -0.355 e. The van der Waals surface area contributed by atoms with Crippen LogP contribution in [0.3, 0.4) is 0 Å². The molecule has 0 radical (unpaired) electrons. The standard InChI is InChI=1S/C17H14ClF3N4O3S/c1-8-4-3-5-10(14(26)22-2)13(8)29-25-16(28)24-15(27)12-11(18)6-9(7-23-12)17(19,20)21/h3-7H,1-2H3,(H,22,26)(H2,24,25,27,28). The quantitative estimate of drug-likeness (QED) is 0.623. The number of carbonyl (C=O) groups excluding carboxylic acids is 3. The Morgan fingerprint density at radius 2 is 1.86 bits per heavy atom. The predicted molar refractivity (Wildman–Crippen MR) is 101 cm³/mol. The van der Waals surface area contributed by atoms with Crippen molar-refractivity contribution in [2.75, 3.05) is 7.05 Å². The normalized spacial score (nSPS) is 11.0. The van der Waals surface area contributed by atoms with Gasteiger partial charge in [-0.15, -0.1) is 0 Å². The maximum Gasteiger partial charge on any atom is 0.417 e. The number of hydrogen-bond donors (Lipinski definition) is 3. The number of imide groups is 1. The lowest BCUT2D eigenvalue weighted by Gasteiger charge is -2.12. The van der Waals surface area contributed by atoms with E-state index in [-0.39, 0.29) is 5.91 Å². The number of pyridine rings is 1. The van der Waals surface area contributed by atoms with Crippen molar-refractivity contribution in [1.82, 2.24) is 20.3 Å². The molecule has 1 aromatic heterocycles. The first-order valence-corrected chi connectivity index (χ1v) is 9.06. The van der Waals surface area contributed by atoms with Gasteiger partial charge in [-0.1, -0.05) is 23.7 Å². The van der Waals surface area contributed by atoms with Gasteiger partial charge in [0.05, 0.1) is 16.1 Å². The maximum atomic E-state index is 12.6. The van der Waals surface area contributed by atoms with Crippen LogP contribution >= 0.6 is 23.5 Å². The van der Waals surface area contributed by atoms with Gasteiger partial charge < -0.3 is 5.32 Å². The highest BCUT2D eigenvalue weighted by Crippen LogP contribution is 2.31. The van der Waals surface area contributed by atoms with E-state index in [4.69, 9.17) is 11.6 Å². The zero-order valence-corrected chi connectivity index (χ0v) is 16.6. The Balaban J connectivity index is 2.07. The smallest absolute Gasteiger partial charge is 0.355 e. The molecule has 3 N–H and O–H groups in total. The Kier molecular flexibility index (Phi) is 7.09. The first-order chi connectivity index (χ1) is 13.5. The monoisotopic (exact) mass is 446 g/mol. The summed E-state index contributed by atoms with van der Waals surface area (Å²) in [6.07, 6.45) is -4.23. The molecule has 0 unspecified atom stereocenters. The van der Waals surface area contributed by atoms with Gasteiger partial charge >= 0.3 is 12.2 Å². The highest BCUT2D eigenvalue weighted by atomic mass is 35.5. The van der Waals surface area contributed by atoms with Crippen molar-refractivity contribution in [1.29, 1.82) is 0 Å². The van der Waals surface area contributed by atoms with Crippen LogP contribution in [0.15, 0.2) is 35.4 Å². The zero-order valence-electron chi connectivity index (χ0n) is 15.0. The first kappa shape index (κ1) is 22.5. The third-order valence-electron chi connectivity index (χ3n) is 3.54. The van der Waals surface area contributed by atoms with Crippen LogP contribution in [0.5, 0.6) is 0 Å². The van der Waals surface area contributed by atoms with E-state index in [1.54, 1.807) is 25.1 Å². The van der Waals surface area contributed by atoms with Crippen LogP contribution in [0.25, 0.3) is 0 Å². The third kappa shape index (κ3) is 5.61. The van der Waals surface area contributed by atoms with Crippen LogP contribution in [-0.4, -0.2) is 29.9 Å². The minimum absolute atomic E-state index is 0.316. The molecule has 2 aromatic rings. The Bertz CT molecular complexity index is 969. The number of benzene rings is 1. The van der Waals surface area contributed by atoms with Gasteiger partial charge in [0.1, 0.15) is 5.69 Å². The lowest BCUT2D eigenvalue weighted by atomic mass is 10.1. The number of halogens is 4. The Labute approximate surface area is 172 Å². The van der Waals surface area contributed by atoms with Gasteiger partial charge in [0, 0.05) is 18.1 Å². The Morgan fingerprint density at radius 1 is 1.17 bits per heavy atom. The molecular weight excluding hydrogens is 433 g/mol. The molecule has 0 atom stereocenters. The Morgan fingerprint density at radius 3 is 2.45 bits per heavy atom. The van der Waals surface area contributed by atoms with Crippen LogP contribution in [0.1, 0.15) is 32.0 Å². The van der Waals surface area contributed by atoms with Crippen molar-refractivity contribution in [3.05, 3.63) is 57.9 Å². The summed E-state index contributed by atoms with van der Waals surface area (Å²) in [5, 5.41) is 3.83. The molecule has 2 rings (SSSR count). The molecule has 29 heavy (non-hydrogen) atoms. The van der Waals surface area contributed by atoms with Crippen molar-refractivity contribution < 1.29 is 27.6 Å². The number of urea groups is 1. The highest BCUT2D eigenvalue weighted by molar-refractivity contribution is 7.98. The van der Waals surface area contributed by atoms with E-state index in [0.29, 0.717) is 28.3 Å². The number of hydrogen-bond acceptors (Lipinski definition) is 5. The zero-order chi connectivity index (χ0) is 21.8. The van der Waals surface area contributed by atoms with Gasteiger partial charge in [0.15, 0.2) is 0 Å². The molecule has 12 heteroatoms. The van der Waals surface area contributed by atoms with Gasteiger partial charge in [-0.3, -0.25) is 19.6 Å². The molecule has 4 amide bonds. The van der Waals surface area contributed by atoms with Crippen molar-refractivity contribution in [3.8, 4) is 0 Å². The number of aromatic nitrogens is 1. The second-order valence-electron chi connectivity index (χ2n) is 5.57. The highest BCUT2D eigenvalue weighted by Gasteiger charge is 2.32. The van der Waals surface area contributed by atoms with E-state index in [1.807, 2.05) is 5.32 Å². The number of rotatable bonds is 4. The predicted octanol–water partition coefficient (Wildman–Crippen LogP) is 3.57. The van der Waals surface area contributed by atoms with Crippen LogP contribution in [0.2, 0.25) is 5.02 Å². The molecule has 0 aliphatic rings. The van der Waals surface area contributed by atoms with Crippen LogP contribution in [-0.2, 0) is 6.18 Å². The minimum atomic E-state index is -4.67. The number of carbonyl (C=O) groups is 3. The fourth-order valence-electron chi connectivity index (χ4n) is 2.15. The number of nitrogens with one attached hydrogen (secondary N) is 3. The van der Waals surface area contributed by atoms with Gasteiger partial charge in [-0.25, -0.2) is 9.78 Å². The fraction of sp³-hybridized carbons (Fsp3) is 0.176. The van der Waals surface area contributed by atoms with Gasteiger partial charge in [0.25, 0.3) is 11.8 Å². The third-order valence-corrected chi connectivity index (χ3v) is 4.86. The molecule has 0 aliphatic heterocycles. The van der Waals surface area contributed by atoms with Crippen LogP contribution < -0.4 is 15.4 Å². The van der Waals surface area contributed by atoms with Gasteiger partial charge in [-0.2, -0.15) is 13.2 Å². The molecule has 7 nitrogen and oxygen atoms in total. The molecule has 1 aromatic carbocycles. The van der Waals surface area contributed by atoms with Gasteiger partial charge in [0.2, 0.25) is 0 Å². The summed E-state index contributed by atoms with van der Waals surface area (Å²) in [6.45, 7) is 1.73. The summed E-state index contributed by atoms with van der Waals surface area (Å²) in [7, 11) is 1.46. The molecule has 0 bridgehead atoms. The summed E-state index contributed by atoms with van der Waals surface area (Å²) in [4.78, 5) is 39.8. The summed E-state index contributed by atoms with van der Waals surface area (Å²) in [5.74, 6) is -1.45. The van der Waals surface area contributed by atoms with E-state index >= 15 is 0 Å². The van der Waals surface area contributed by atoms with Crippen molar-refractivity contribution in [3.63, 3.8) is 0 Å². The van der Waals surface area contributed by atoms with E-state index in [2.05, 4.69) is 15.0 Å². The SMILES string of the molecule is CNC(=O)c1cccc(C)c1SNC(=O)NC(=O)c1ncc(C(F)(F)F)cc1Cl. The average molecular weight is 447 g/mol. The second-order valence-corrected chi connectivity index (χ2v) is 6.79. The molecule has 0 fully saturated rings. The van der Waals surface area contributed by atoms with E-state index in [1.165, 1.54) is 7.05 Å². The summed E-state index contributed by atoms with van der Waals surface area (Å²) < 4.78 is 40.2. The molecular formula is C17H14ClF3N4O3S. The summed E-state index contributed by atoms with van der Waals surface area (Å²) in [6, 6.07) is 4.53. The van der Waals surface area contributed by atoms with Crippen LogP contribution in [0.4, 0.5) is 18.0 Å². The summed E-state index contributed by atoms with van der Waals surface area (Å²) in [5.41, 5.74) is -0.645. The number of nitrogens with zero attached hydrogens (tertiary/aromatic N) is 1. The molecule has 0 spiro atoms. The maximum absolute atomic E-state index is 12.6. The topological polar surface area (TPSA) is 100 Å². The fourth-order valence-corrected chi connectivity index (χ4v) is 3.14. The van der Waals surface area contributed by atoms with Crippen molar-refractivity contribution >= 4 is 41.4 Å².